The molecule has 0 spiro atoms. The van der Waals surface area contributed by atoms with E-state index in [1.165, 1.54) is 0 Å². The lowest BCUT2D eigenvalue weighted by Gasteiger charge is -2.29. The van der Waals surface area contributed by atoms with Crippen LogP contribution >= 0.6 is 0 Å². The number of hydrogen-bond acceptors (Lipinski definition) is 6. The van der Waals surface area contributed by atoms with Gasteiger partial charge in [-0.3, -0.25) is 25.0 Å². The van der Waals surface area contributed by atoms with E-state index in [0.29, 0.717) is 10.6 Å². The lowest BCUT2D eigenvalue weighted by Crippen LogP contribution is -2.54. The fourth-order valence-corrected chi connectivity index (χ4v) is 3.42. The molecule has 1 aromatic carbocycles. The molecule has 0 aromatic heterocycles. The Labute approximate surface area is 155 Å². The zero-order valence-electron chi connectivity index (χ0n) is 14.0. The number of nitrogens with zero attached hydrogens (tertiary/aromatic N) is 2. The Balaban J connectivity index is 1.60. The summed E-state index contributed by atoms with van der Waals surface area (Å²) in [7, 11) is -4.86. The lowest BCUT2D eigenvalue weighted by molar-refractivity contribution is -0.126. The molecule has 27 heavy (non-hydrogen) atoms. The first-order valence-corrected chi connectivity index (χ1v) is 9.31. The van der Waals surface area contributed by atoms with E-state index in [1.54, 1.807) is 24.3 Å². The number of fused-ring (bicyclic) bond motifs is 2. The zero-order chi connectivity index (χ0) is 19.8. The molecule has 12 heteroatoms. The highest BCUT2D eigenvalue weighted by atomic mass is 32.3. The summed E-state index contributed by atoms with van der Waals surface area (Å²) in [6, 6.07) is 4.01. The van der Waals surface area contributed by atoms with Crippen LogP contribution in [-0.2, 0) is 19.5 Å². The number of amides is 4. The summed E-state index contributed by atoms with van der Waals surface area (Å²) in [6.07, 6.45) is 0.522. The number of carbonyl (C=O) groups is 3. The standard InChI is InChI=1S/C15H17N4O7S/c1-9-2-4-10(5-3-9)13(20)16-17-14(21)12-7-6-11-8-18(12)15(22)19(11)26-27(23,24)25/h2-5,11-12H,1,6-8H2,(H,16,20)(H,17,21)(H,23,24,25)/t11-,12+/m1/s1. The molecule has 1 aromatic rings. The van der Waals surface area contributed by atoms with E-state index in [-0.39, 0.29) is 19.4 Å². The third-order valence-corrected chi connectivity index (χ3v) is 4.66. The normalized spacial score (nSPS) is 21.9. The molecule has 11 nitrogen and oxygen atoms in total. The fraction of sp³-hybridized carbons (Fsp3) is 0.333. The molecule has 2 fully saturated rings. The monoisotopic (exact) mass is 397 g/mol. The zero-order valence-corrected chi connectivity index (χ0v) is 14.8. The van der Waals surface area contributed by atoms with Gasteiger partial charge in [0.05, 0.1) is 6.04 Å². The molecule has 0 unspecified atom stereocenters. The maximum Gasteiger partial charge on any atom is 0.418 e. The Bertz CT molecular complexity index is 871. The van der Waals surface area contributed by atoms with Crippen molar-refractivity contribution in [2.45, 2.75) is 24.9 Å². The summed E-state index contributed by atoms with van der Waals surface area (Å²) in [5, 5.41) is 0.543. The molecule has 2 aliphatic rings. The number of rotatable bonds is 4. The highest BCUT2D eigenvalue weighted by molar-refractivity contribution is 7.80. The second-order valence-corrected chi connectivity index (χ2v) is 7.15. The van der Waals surface area contributed by atoms with E-state index in [2.05, 4.69) is 22.1 Å². The van der Waals surface area contributed by atoms with Crippen molar-refractivity contribution in [3.05, 3.63) is 42.3 Å². The third-order valence-electron chi connectivity index (χ3n) is 4.32. The molecule has 2 aliphatic heterocycles. The van der Waals surface area contributed by atoms with Crippen molar-refractivity contribution in [1.29, 1.82) is 0 Å². The van der Waals surface area contributed by atoms with Crippen LogP contribution < -0.4 is 10.9 Å². The molecule has 4 amide bonds. The molecule has 2 saturated heterocycles. The van der Waals surface area contributed by atoms with Gasteiger partial charge in [0.2, 0.25) is 0 Å². The van der Waals surface area contributed by atoms with Gasteiger partial charge in [-0.2, -0.15) is 13.5 Å². The maximum atomic E-state index is 12.4. The third kappa shape index (κ3) is 4.18. The van der Waals surface area contributed by atoms with Crippen LogP contribution in [0.5, 0.6) is 0 Å². The summed E-state index contributed by atoms with van der Waals surface area (Å²) < 4.78 is 34.8. The van der Waals surface area contributed by atoms with Crippen molar-refractivity contribution < 1.29 is 31.6 Å². The first-order chi connectivity index (χ1) is 12.7. The second kappa shape index (κ2) is 7.13. The summed E-state index contributed by atoms with van der Waals surface area (Å²) in [5.74, 6) is -1.17. The molecule has 2 atom stereocenters. The largest absolute Gasteiger partial charge is 0.418 e. The van der Waals surface area contributed by atoms with Crippen LogP contribution in [-0.4, -0.2) is 59.4 Å². The van der Waals surface area contributed by atoms with E-state index in [4.69, 9.17) is 4.55 Å². The molecule has 2 heterocycles. The maximum absolute atomic E-state index is 12.4. The van der Waals surface area contributed by atoms with E-state index >= 15 is 0 Å². The molecule has 1 radical (unpaired) electrons. The molecule has 145 valence electrons. The van der Waals surface area contributed by atoms with Gasteiger partial charge < -0.3 is 4.90 Å². The van der Waals surface area contributed by atoms with Crippen LogP contribution in [0.4, 0.5) is 4.79 Å². The van der Waals surface area contributed by atoms with Crippen LogP contribution in [0.2, 0.25) is 0 Å². The molecule has 0 saturated carbocycles. The summed E-state index contributed by atoms with van der Waals surface area (Å²) >= 11 is 0. The number of piperidine rings is 1. The van der Waals surface area contributed by atoms with Crippen LogP contribution in [0.25, 0.3) is 0 Å². The topological polar surface area (TPSA) is 145 Å². The van der Waals surface area contributed by atoms with Crippen LogP contribution in [0.1, 0.15) is 28.8 Å². The predicted molar refractivity (Wildman–Crippen MR) is 89.9 cm³/mol. The number of nitrogens with one attached hydrogen (secondary N) is 2. The van der Waals surface area contributed by atoms with Crippen molar-refractivity contribution in [2.24, 2.45) is 0 Å². The quantitative estimate of drug-likeness (QED) is 0.464. The number of hydrogen-bond donors (Lipinski definition) is 3. The van der Waals surface area contributed by atoms with Crippen molar-refractivity contribution in [2.75, 3.05) is 6.54 Å². The van der Waals surface area contributed by atoms with Gasteiger partial charge in [0, 0.05) is 12.1 Å². The van der Waals surface area contributed by atoms with E-state index < -0.39 is 40.3 Å². The van der Waals surface area contributed by atoms with Gasteiger partial charge in [-0.1, -0.05) is 12.1 Å². The number of carbonyl (C=O) groups excluding carboxylic acids is 3. The smallest absolute Gasteiger partial charge is 0.309 e. The first kappa shape index (κ1) is 19.1. The van der Waals surface area contributed by atoms with Gasteiger partial charge in [-0.05, 0) is 37.5 Å². The number of urea groups is 1. The van der Waals surface area contributed by atoms with Crippen molar-refractivity contribution in [3.8, 4) is 0 Å². The second-order valence-electron chi connectivity index (χ2n) is 6.15. The fourth-order valence-electron chi connectivity index (χ4n) is 3.03. The molecule has 2 bridgehead atoms. The number of hydrazine groups is 1. The van der Waals surface area contributed by atoms with Crippen LogP contribution in [0.15, 0.2) is 24.3 Å². The number of benzene rings is 1. The molecule has 3 N–H and O–H groups in total. The minimum Gasteiger partial charge on any atom is -0.309 e. The van der Waals surface area contributed by atoms with Crippen molar-refractivity contribution >= 4 is 28.2 Å². The molecular weight excluding hydrogens is 380 g/mol. The molecule has 0 aliphatic carbocycles. The van der Waals surface area contributed by atoms with Gasteiger partial charge in [0.25, 0.3) is 11.8 Å². The number of hydroxylamine groups is 2. The van der Waals surface area contributed by atoms with Crippen molar-refractivity contribution in [1.82, 2.24) is 20.8 Å². The minimum atomic E-state index is -4.86. The van der Waals surface area contributed by atoms with E-state index in [9.17, 15) is 22.8 Å². The highest BCUT2D eigenvalue weighted by Crippen LogP contribution is 2.30. The van der Waals surface area contributed by atoms with E-state index in [0.717, 1.165) is 10.5 Å². The Morgan fingerprint density at radius 3 is 2.48 bits per heavy atom. The van der Waals surface area contributed by atoms with Crippen molar-refractivity contribution in [3.63, 3.8) is 0 Å². The van der Waals surface area contributed by atoms with Gasteiger partial charge in [-0.25, -0.2) is 4.79 Å². The highest BCUT2D eigenvalue weighted by Gasteiger charge is 2.49. The average molecular weight is 397 g/mol. The van der Waals surface area contributed by atoms with Gasteiger partial charge in [-0.15, -0.1) is 4.28 Å². The Kier molecular flexibility index (Phi) is 5.04. The predicted octanol–water partition coefficient (Wildman–Crippen LogP) is -0.367. The summed E-state index contributed by atoms with van der Waals surface area (Å²) in [5.41, 5.74) is 5.57. The van der Waals surface area contributed by atoms with Crippen LogP contribution in [0, 0.1) is 6.92 Å². The minimum absolute atomic E-state index is 0.0609. The summed E-state index contributed by atoms with van der Waals surface area (Å²) in [6.45, 7) is 3.77. The van der Waals surface area contributed by atoms with Gasteiger partial charge in [0.1, 0.15) is 6.04 Å². The SMILES string of the molecule is [CH2]c1ccc(C(=O)NNC(=O)[C@@H]2CC[C@@H]3CN2C(=O)N3OS(=O)(=O)O)cc1. The average Bonchev–Trinajstić information content (AvgIpc) is 2.83. The molecule has 3 rings (SSSR count). The Hall–Kier alpha value is -2.70. The lowest BCUT2D eigenvalue weighted by atomic mass is 10.0. The van der Waals surface area contributed by atoms with E-state index in [1.807, 2.05) is 0 Å². The van der Waals surface area contributed by atoms with Crippen LogP contribution in [0.3, 0.4) is 0 Å². The van der Waals surface area contributed by atoms with Gasteiger partial charge >= 0.3 is 16.4 Å². The first-order valence-electron chi connectivity index (χ1n) is 7.95. The van der Waals surface area contributed by atoms with Gasteiger partial charge in [0.15, 0.2) is 0 Å². The Morgan fingerprint density at radius 2 is 1.85 bits per heavy atom. The molecular formula is C15H17N4O7S. The summed E-state index contributed by atoms with van der Waals surface area (Å²) in [4.78, 5) is 37.8. The Morgan fingerprint density at radius 1 is 1.19 bits per heavy atom.